The Hall–Kier alpha value is -0.850. The van der Waals surface area contributed by atoms with Crippen LogP contribution in [0.2, 0.25) is 0 Å². The summed E-state index contributed by atoms with van der Waals surface area (Å²) in [5.74, 6) is 0. The summed E-state index contributed by atoms with van der Waals surface area (Å²) in [6.07, 6.45) is 0. The molecule has 0 bridgehead atoms. The molecule has 0 radical (unpaired) electrons. The molecule has 0 saturated carbocycles. The van der Waals surface area contributed by atoms with Crippen molar-refractivity contribution in [3.63, 3.8) is 0 Å². The molecule has 80 valence electrons. The molecule has 0 saturated heterocycles. The third kappa shape index (κ3) is 6.64. The van der Waals surface area contributed by atoms with E-state index in [-0.39, 0.29) is 0 Å². The number of anilines is 1. The van der Waals surface area contributed by atoms with E-state index in [2.05, 4.69) is 13.0 Å². The second-order valence-electron chi connectivity index (χ2n) is 2.69. The monoisotopic (exact) mass is 221 g/mol. The molecule has 1 aromatic rings. The Morgan fingerprint density at radius 1 is 1.21 bits per heavy atom. The molecule has 0 fully saturated rings. The Balaban J connectivity index is 0.000000292. The van der Waals surface area contributed by atoms with Crippen molar-refractivity contribution in [1.82, 2.24) is 0 Å². The first-order chi connectivity index (χ1) is 6.22. The van der Waals surface area contributed by atoms with Gasteiger partial charge in [0.05, 0.1) is 14.9 Å². The predicted molar refractivity (Wildman–Crippen MR) is 42.5 cm³/mol. The Morgan fingerprint density at radius 2 is 1.64 bits per heavy atom. The summed E-state index contributed by atoms with van der Waals surface area (Å²) in [6.45, 7) is 4.09. The average molecular weight is 222 g/mol. The van der Waals surface area contributed by atoms with Crippen LogP contribution in [0.25, 0.3) is 0 Å². The lowest BCUT2D eigenvalue weighted by atomic mass is 10.1. The maximum Gasteiger partial charge on any atom is 0.0777 e. The van der Waals surface area contributed by atoms with Crippen LogP contribution in [0, 0.1) is 24.1 Å². The fourth-order valence-corrected chi connectivity index (χ4v) is 0.774. The van der Waals surface area contributed by atoms with Gasteiger partial charge < -0.3 is 5.73 Å². The molecule has 0 unspecified atom stereocenters. The molecule has 0 amide bonds. The molecule has 0 heterocycles. The van der Waals surface area contributed by atoms with Crippen LogP contribution in [-0.2, 0) is 0 Å². The van der Waals surface area contributed by atoms with Crippen LogP contribution in [-0.4, -0.2) is 4.66 Å². The van der Waals surface area contributed by atoms with Crippen molar-refractivity contribution in [2.24, 2.45) is 0 Å². The van der Waals surface area contributed by atoms with Gasteiger partial charge in [0, 0.05) is 5.69 Å². The summed E-state index contributed by atoms with van der Waals surface area (Å²) in [4.78, 5) is 0. The second-order valence-corrected chi connectivity index (χ2v) is 3.48. The Morgan fingerprint density at radius 3 is 1.93 bits per heavy atom. The van der Waals surface area contributed by atoms with Crippen LogP contribution in [0.4, 0.5) is 5.69 Å². The third-order valence-corrected chi connectivity index (χ3v) is 1.65. The van der Waals surface area contributed by atoms with Crippen molar-refractivity contribution >= 4 is 5.69 Å². The van der Waals surface area contributed by atoms with Crippen molar-refractivity contribution in [3.8, 4) is 0 Å². The van der Waals surface area contributed by atoms with E-state index in [9.17, 15) is 0 Å². The van der Waals surface area contributed by atoms with Gasteiger partial charge >= 0.3 is 0 Å². The summed E-state index contributed by atoms with van der Waals surface area (Å²) < 4.78 is 32.7. The van der Waals surface area contributed by atoms with E-state index < -0.39 is 10.2 Å². The highest BCUT2D eigenvalue weighted by Gasteiger charge is 1.98. The topological polar surface area (TPSA) is 115 Å². The fourth-order valence-electron chi connectivity index (χ4n) is 0.774. The summed E-state index contributed by atoms with van der Waals surface area (Å²) in [7, 11) is -4.69. The summed E-state index contributed by atoms with van der Waals surface area (Å²) in [5, 5.41) is 0. The van der Waals surface area contributed by atoms with Gasteiger partial charge in [0.2, 0.25) is 0 Å². The van der Waals surface area contributed by atoms with Crippen molar-refractivity contribution < 1.29 is 28.9 Å². The number of halogens is 1. The number of hydrogen-bond donors (Lipinski definition) is 2. The number of aryl methyl sites for hydroxylation is 1. The smallest absolute Gasteiger partial charge is 0.0777 e. The highest BCUT2D eigenvalue weighted by Crippen LogP contribution is 2.13. The first kappa shape index (κ1) is 13.2. The molecule has 0 spiro atoms. The van der Waals surface area contributed by atoms with Gasteiger partial charge in [0.1, 0.15) is 0 Å². The molecular formula is C8H12ClNO4. The molecular weight excluding hydrogens is 210 g/mol. The van der Waals surface area contributed by atoms with Crippen molar-refractivity contribution in [3.05, 3.63) is 29.3 Å². The number of benzene rings is 1. The molecule has 1 rings (SSSR count). The zero-order chi connectivity index (χ0) is 11.4. The zero-order valence-electron chi connectivity index (χ0n) is 7.86. The molecule has 0 aromatic heterocycles. The summed E-state index contributed by atoms with van der Waals surface area (Å²) in [5.41, 5.74) is 8.96. The van der Waals surface area contributed by atoms with Gasteiger partial charge in [-0.15, -0.1) is 0 Å². The maximum atomic E-state index is 8.60. The van der Waals surface area contributed by atoms with Gasteiger partial charge in [0.25, 0.3) is 0 Å². The van der Waals surface area contributed by atoms with Crippen LogP contribution >= 0.6 is 0 Å². The Kier molecular flexibility index (Phi) is 4.82. The first-order valence-corrected chi connectivity index (χ1v) is 4.93. The van der Waals surface area contributed by atoms with E-state index in [1.54, 1.807) is 0 Å². The minimum atomic E-state index is -4.69. The number of hydrogen-bond acceptors (Lipinski definition) is 5. The lowest BCUT2D eigenvalue weighted by Crippen LogP contribution is -2.58. The predicted octanol–water partition coefficient (Wildman–Crippen LogP) is -2.24. The quantitative estimate of drug-likeness (QED) is 0.481. The van der Waals surface area contributed by atoms with Crippen LogP contribution in [0.15, 0.2) is 18.2 Å². The van der Waals surface area contributed by atoms with Crippen LogP contribution in [0.1, 0.15) is 11.1 Å². The average Bonchev–Trinajstić information content (AvgIpc) is 1.97. The second kappa shape index (κ2) is 5.14. The minimum Gasteiger partial charge on any atom is -0.399 e. The third-order valence-electron chi connectivity index (χ3n) is 1.65. The van der Waals surface area contributed by atoms with Crippen molar-refractivity contribution in [2.75, 3.05) is 5.73 Å². The zero-order valence-corrected chi connectivity index (χ0v) is 8.62. The molecule has 0 aliphatic carbocycles. The standard InChI is InChI=1S/C8H11N.ClHO4/c1-6-4-3-5-8(9)7(6)2;2-1(3,4)5/h3-5H,9H2,1-2H3;(H,2,3,4,5). The Labute approximate surface area is 84.1 Å². The SMILES string of the molecule is Cc1cccc(N)c1C.[O-][Cl+3]([O-])([O-])O. The molecule has 6 heteroatoms. The van der Waals surface area contributed by atoms with Crippen LogP contribution < -0.4 is 19.7 Å². The molecule has 14 heavy (non-hydrogen) atoms. The molecule has 0 aliphatic heterocycles. The molecule has 3 N–H and O–H groups in total. The van der Waals surface area contributed by atoms with Crippen molar-refractivity contribution in [2.45, 2.75) is 13.8 Å². The van der Waals surface area contributed by atoms with Gasteiger partial charge in [-0.1, -0.05) is 12.1 Å². The van der Waals surface area contributed by atoms with E-state index in [0.29, 0.717) is 0 Å². The van der Waals surface area contributed by atoms with Gasteiger partial charge in [0.15, 0.2) is 0 Å². The van der Waals surface area contributed by atoms with Gasteiger partial charge in [-0.2, -0.15) is 14.0 Å². The van der Waals surface area contributed by atoms with Gasteiger partial charge in [-0.05, 0) is 31.0 Å². The van der Waals surface area contributed by atoms with E-state index in [0.717, 1.165) is 5.69 Å². The minimum absolute atomic E-state index is 0.884. The Bertz CT molecular complexity index is 272. The van der Waals surface area contributed by atoms with Crippen LogP contribution in [0.3, 0.4) is 0 Å². The highest BCUT2D eigenvalue weighted by atomic mass is 35.7. The normalized spacial score (nSPS) is 10.4. The van der Waals surface area contributed by atoms with E-state index in [1.165, 1.54) is 11.1 Å². The number of rotatable bonds is 0. The van der Waals surface area contributed by atoms with Gasteiger partial charge in [-0.3, -0.25) is 0 Å². The van der Waals surface area contributed by atoms with Gasteiger partial charge in [-0.25, -0.2) is 0 Å². The molecule has 0 atom stereocenters. The lowest BCUT2D eigenvalue weighted by molar-refractivity contribution is -1.92. The van der Waals surface area contributed by atoms with Crippen LogP contribution in [0.5, 0.6) is 0 Å². The highest BCUT2D eigenvalue weighted by molar-refractivity contribution is 5.49. The van der Waals surface area contributed by atoms with E-state index in [4.69, 9.17) is 24.4 Å². The first-order valence-electron chi connectivity index (χ1n) is 3.66. The van der Waals surface area contributed by atoms with E-state index >= 15 is 0 Å². The molecule has 0 aliphatic rings. The molecule has 1 aromatic carbocycles. The number of nitrogen functional groups attached to an aromatic ring is 1. The fraction of sp³-hybridized carbons (Fsp3) is 0.250. The van der Waals surface area contributed by atoms with Crippen molar-refractivity contribution in [1.29, 1.82) is 0 Å². The number of nitrogens with two attached hydrogens (primary N) is 1. The lowest BCUT2D eigenvalue weighted by Gasteiger charge is -2.03. The summed E-state index contributed by atoms with van der Waals surface area (Å²) in [6, 6.07) is 5.95. The van der Waals surface area contributed by atoms with E-state index in [1.807, 2.05) is 19.1 Å². The largest absolute Gasteiger partial charge is 0.399 e. The molecule has 5 nitrogen and oxygen atoms in total. The maximum absolute atomic E-state index is 8.60. The summed E-state index contributed by atoms with van der Waals surface area (Å²) >= 11 is 0.